The highest BCUT2D eigenvalue weighted by Crippen LogP contribution is 2.33. The van der Waals surface area contributed by atoms with E-state index in [1.807, 2.05) is 30.3 Å². The molecular formula is C33H31BrCl2FN5O4. The average molecular weight is 731 g/mol. The largest absolute Gasteiger partial charge is 0.487 e. The van der Waals surface area contributed by atoms with Crippen LogP contribution in [-0.2, 0) is 13.1 Å². The summed E-state index contributed by atoms with van der Waals surface area (Å²) in [6.07, 6.45) is 0. The van der Waals surface area contributed by atoms with Gasteiger partial charge in [-0.2, -0.15) is 0 Å². The Hall–Kier alpha value is -4.06. The highest BCUT2D eigenvalue weighted by Gasteiger charge is 2.23. The Morgan fingerprint density at radius 3 is 2.46 bits per heavy atom. The Labute approximate surface area is 284 Å². The van der Waals surface area contributed by atoms with Gasteiger partial charge in [0.15, 0.2) is 11.7 Å². The molecule has 0 aromatic heterocycles. The molecule has 0 unspecified atom stereocenters. The molecule has 0 amide bonds. The molecule has 0 atom stereocenters. The molecule has 1 aliphatic heterocycles. The minimum absolute atomic E-state index is 0.0384. The molecule has 1 saturated heterocycles. The zero-order chi connectivity index (χ0) is 32.6. The van der Waals surface area contributed by atoms with Crippen molar-refractivity contribution in [2.75, 3.05) is 37.7 Å². The van der Waals surface area contributed by atoms with Crippen molar-refractivity contribution in [1.82, 2.24) is 10.2 Å². The Balaban J connectivity index is 1.33. The third kappa shape index (κ3) is 8.60. The molecule has 1 heterocycles. The molecule has 0 spiro atoms. The van der Waals surface area contributed by atoms with Crippen LogP contribution in [0.15, 0.2) is 88.3 Å². The van der Waals surface area contributed by atoms with Crippen molar-refractivity contribution in [2.24, 2.45) is 4.99 Å². The number of aliphatic imine (C=N–C) groups is 1. The number of piperazine rings is 1. The fourth-order valence-corrected chi connectivity index (χ4v) is 5.53. The topological polar surface area (TPSA) is 92.5 Å². The molecule has 1 aliphatic rings. The van der Waals surface area contributed by atoms with E-state index in [4.69, 9.17) is 37.7 Å². The van der Waals surface area contributed by atoms with Gasteiger partial charge in [0, 0.05) is 71.7 Å². The highest BCUT2D eigenvalue weighted by atomic mass is 79.9. The number of nitro groups is 1. The average Bonchev–Trinajstić information content (AvgIpc) is 3.04. The summed E-state index contributed by atoms with van der Waals surface area (Å²) in [4.78, 5) is 20.3. The number of ether oxygens (including phenoxy) is 2. The molecule has 4 aromatic rings. The molecule has 9 nitrogen and oxygen atoms in total. The van der Waals surface area contributed by atoms with E-state index in [0.29, 0.717) is 68.4 Å². The van der Waals surface area contributed by atoms with Gasteiger partial charge in [-0.05, 0) is 55.0 Å². The maximum Gasteiger partial charge on any atom is 0.311 e. The van der Waals surface area contributed by atoms with Crippen molar-refractivity contribution < 1.29 is 18.8 Å². The van der Waals surface area contributed by atoms with Gasteiger partial charge in [0.25, 0.3) is 0 Å². The van der Waals surface area contributed by atoms with Crippen LogP contribution < -0.4 is 19.7 Å². The summed E-state index contributed by atoms with van der Waals surface area (Å²) < 4.78 is 26.3. The van der Waals surface area contributed by atoms with Crippen LogP contribution in [0, 0.1) is 15.9 Å². The number of nitro benzene ring substituents is 1. The van der Waals surface area contributed by atoms with Crippen LogP contribution in [0.3, 0.4) is 0 Å². The number of guanidine groups is 1. The van der Waals surface area contributed by atoms with E-state index < -0.39 is 10.7 Å². The van der Waals surface area contributed by atoms with Crippen LogP contribution in [0.5, 0.6) is 17.2 Å². The van der Waals surface area contributed by atoms with Crippen LogP contribution >= 0.6 is 39.1 Å². The zero-order valence-corrected chi connectivity index (χ0v) is 28.0. The molecule has 4 aromatic carbocycles. The number of halogens is 4. The first kappa shape index (κ1) is 33.3. The summed E-state index contributed by atoms with van der Waals surface area (Å²) in [5.41, 5.74) is 2.68. The summed E-state index contributed by atoms with van der Waals surface area (Å²) >= 11 is 15.8. The van der Waals surface area contributed by atoms with Gasteiger partial charge in [0.05, 0.1) is 23.1 Å². The van der Waals surface area contributed by atoms with Gasteiger partial charge < -0.3 is 24.6 Å². The molecule has 46 heavy (non-hydrogen) atoms. The second-order valence-corrected chi connectivity index (χ2v) is 12.1. The molecule has 0 radical (unpaired) electrons. The maximum absolute atomic E-state index is 13.7. The first-order valence-electron chi connectivity index (χ1n) is 14.6. The molecule has 1 N–H and O–H groups in total. The van der Waals surface area contributed by atoms with Gasteiger partial charge in [-0.15, -0.1) is 0 Å². The summed E-state index contributed by atoms with van der Waals surface area (Å²) in [7, 11) is 0. The lowest BCUT2D eigenvalue weighted by molar-refractivity contribution is -0.385. The quantitative estimate of drug-likeness (QED) is 0.0758. The summed E-state index contributed by atoms with van der Waals surface area (Å²) in [5, 5.41) is 15.4. The molecular weight excluding hydrogens is 700 g/mol. The van der Waals surface area contributed by atoms with Crippen LogP contribution in [0.1, 0.15) is 18.1 Å². The second kappa shape index (κ2) is 15.5. The van der Waals surface area contributed by atoms with E-state index in [1.54, 1.807) is 31.2 Å². The van der Waals surface area contributed by atoms with Gasteiger partial charge >= 0.3 is 5.69 Å². The first-order chi connectivity index (χ1) is 22.2. The Morgan fingerprint density at radius 1 is 1.00 bits per heavy atom. The van der Waals surface area contributed by atoms with Gasteiger partial charge in [-0.25, -0.2) is 9.38 Å². The van der Waals surface area contributed by atoms with Crippen molar-refractivity contribution in [3.05, 3.63) is 120 Å². The summed E-state index contributed by atoms with van der Waals surface area (Å²) in [6.45, 7) is 5.63. The third-order valence-corrected chi connectivity index (χ3v) is 8.35. The van der Waals surface area contributed by atoms with Gasteiger partial charge in [-0.3, -0.25) is 10.1 Å². The van der Waals surface area contributed by atoms with Gasteiger partial charge in [0.1, 0.15) is 17.3 Å². The predicted molar refractivity (Wildman–Crippen MR) is 183 cm³/mol. The van der Waals surface area contributed by atoms with Crippen molar-refractivity contribution in [3.63, 3.8) is 0 Å². The van der Waals surface area contributed by atoms with E-state index in [1.165, 1.54) is 24.3 Å². The summed E-state index contributed by atoms with van der Waals surface area (Å²) in [5.74, 6) is 1.33. The zero-order valence-electron chi connectivity index (χ0n) is 24.9. The number of benzene rings is 4. The van der Waals surface area contributed by atoms with Crippen molar-refractivity contribution in [2.45, 2.75) is 20.0 Å². The van der Waals surface area contributed by atoms with E-state index in [-0.39, 0.29) is 16.5 Å². The van der Waals surface area contributed by atoms with Crippen LogP contribution in [0.4, 0.5) is 15.8 Å². The fraction of sp³-hybridized carbons (Fsp3) is 0.242. The minimum atomic E-state index is -0.531. The lowest BCUT2D eigenvalue weighted by Gasteiger charge is -2.38. The monoisotopic (exact) mass is 729 g/mol. The van der Waals surface area contributed by atoms with Crippen molar-refractivity contribution in [3.8, 4) is 17.2 Å². The molecule has 0 saturated carbocycles. The molecule has 240 valence electrons. The Kier molecular flexibility index (Phi) is 11.2. The number of anilines is 1. The lowest BCUT2D eigenvalue weighted by atomic mass is 10.2. The second-order valence-electron chi connectivity index (χ2n) is 10.4. The number of rotatable bonds is 10. The van der Waals surface area contributed by atoms with Crippen LogP contribution in [0.2, 0.25) is 10.0 Å². The number of nitrogens with one attached hydrogen (secondary N) is 1. The molecule has 5 rings (SSSR count). The number of hydrogen-bond acceptors (Lipinski definition) is 6. The first-order valence-corrected chi connectivity index (χ1v) is 16.1. The van der Waals surface area contributed by atoms with E-state index >= 15 is 0 Å². The lowest BCUT2D eigenvalue weighted by Crippen LogP contribution is -2.52. The van der Waals surface area contributed by atoms with E-state index in [9.17, 15) is 14.5 Å². The molecule has 0 bridgehead atoms. The minimum Gasteiger partial charge on any atom is -0.487 e. The number of nitrogens with zero attached hydrogens (tertiary/aromatic N) is 4. The molecule has 13 heteroatoms. The summed E-state index contributed by atoms with van der Waals surface area (Å²) in [6, 6.07) is 22.5. The maximum atomic E-state index is 13.7. The normalized spacial score (nSPS) is 13.5. The van der Waals surface area contributed by atoms with Crippen LogP contribution in [0.25, 0.3) is 0 Å². The number of hydrogen-bond donors (Lipinski definition) is 1. The molecule has 1 fully saturated rings. The predicted octanol–water partition coefficient (Wildman–Crippen LogP) is 8.46. The van der Waals surface area contributed by atoms with E-state index in [2.05, 4.69) is 31.0 Å². The van der Waals surface area contributed by atoms with Gasteiger partial charge in [-0.1, -0.05) is 57.3 Å². The molecule has 0 aliphatic carbocycles. The third-order valence-electron chi connectivity index (χ3n) is 7.29. The SMILES string of the molecule is CCOc1cc(N2CCN(C(=NCc3ccc(Br)cc3)NCc3ccc(Cl)cc3Oc3ccc(F)c(Cl)c3)CC2)ccc1[N+](=O)[O-]. The van der Waals surface area contributed by atoms with Gasteiger partial charge in [0.2, 0.25) is 0 Å². The van der Waals surface area contributed by atoms with Crippen LogP contribution in [-0.4, -0.2) is 48.6 Å². The van der Waals surface area contributed by atoms with E-state index in [0.717, 1.165) is 21.3 Å². The van der Waals surface area contributed by atoms with Crippen molar-refractivity contribution in [1.29, 1.82) is 0 Å². The Morgan fingerprint density at radius 2 is 1.76 bits per heavy atom. The Bertz CT molecular complexity index is 1720. The smallest absolute Gasteiger partial charge is 0.311 e. The highest BCUT2D eigenvalue weighted by molar-refractivity contribution is 9.10. The standard InChI is InChI=1S/C33H31BrCl2FN5O4/c1-2-45-32-18-26(9-12-30(32)42(43)44)40-13-15-41(16-14-40)33(38-20-22-3-6-24(34)7-4-22)39-21-23-5-8-25(35)17-31(23)46-27-10-11-29(37)28(36)19-27/h3-12,17-19H,2,13-16,20-21H2,1H3,(H,38,39). The van der Waals surface area contributed by atoms with Crippen molar-refractivity contribution >= 4 is 56.5 Å². The fourth-order valence-electron chi connectivity index (χ4n) is 4.93.